The number of aryl methyl sites for hydroxylation is 1. The van der Waals surface area contributed by atoms with E-state index in [9.17, 15) is 4.21 Å². The largest absolute Gasteiger partial charge is 0.491 e. The van der Waals surface area contributed by atoms with Gasteiger partial charge in [-0.15, -0.1) is 0 Å². The van der Waals surface area contributed by atoms with Crippen LogP contribution in [0.5, 0.6) is 5.75 Å². The van der Waals surface area contributed by atoms with Crippen molar-refractivity contribution in [3.63, 3.8) is 0 Å². The van der Waals surface area contributed by atoms with Gasteiger partial charge in [-0.05, 0) is 82.3 Å². The van der Waals surface area contributed by atoms with Gasteiger partial charge in [0.1, 0.15) is 11.4 Å². The Labute approximate surface area is 189 Å². The summed E-state index contributed by atoms with van der Waals surface area (Å²) in [5.41, 5.74) is 5.00. The van der Waals surface area contributed by atoms with Crippen molar-refractivity contribution in [1.29, 1.82) is 0 Å². The van der Waals surface area contributed by atoms with Gasteiger partial charge in [0.2, 0.25) is 0 Å². The summed E-state index contributed by atoms with van der Waals surface area (Å²) in [4.78, 5) is 8.91. The fourth-order valence-corrected chi connectivity index (χ4v) is 5.45. The molecule has 5 rings (SSSR count). The van der Waals surface area contributed by atoms with Crippen LogP contribution in [-0.4, -0.2) is 45.5 Å². The standard InChI is InChI=1S/C26H29N3O2S/c1-4-32(3,30)20-7-5-6-19(13-20)21-8-9-23(31-16-18-10-11-27-15-18)25-24(21)22-12-17(2)14-28-26(22)29-25/h5-9,12-14,18,27H,3-4,10-11,15-16H2,1-2H3,(H,28,29)/t18-,32?/m1/s1. The van der Waals surface area contributed by atoms with Crippen molar-refractivity contribution in [2.75, 3.05) is 25.4 Å². The molecule has 2 aromatic carbocycles. The van der Waals surface area contributed by atoms with Crippen molar-refractivity contribution in [2.45, 2.75) is 25.2 Å². The van der Waals surface area contributed by atoms with E-state index in [-0.39, 0.29) is 0 Å². The maximum absolute atomic E-state index is 12.9. The molecule has 1 saturated heterocycles. The molecule has 166 valence electrons. The Kier molecular flexibility index (Phi) is 5.43. The molecule has 0 aliphatic carbocycles. The van der Waals surface area contributed by atoms with Gasteiger partial charge in [-0.2, -0.15) is 0 Å². The van der Waals surface area contributed by atoms with Crippen molar-refractivity contribution in [3.8, 4) is 16.9 Å². The van der Waals surface area contributed by atoms with Crippen molar-refractivity contribution in [1.82, 2.24) is 15.3 Å². The number of nitrogens with zero attached hydrogens (tertiary/aromatic N) is 1. The zero-order chi connectivity index (χ0) is 22.3. The number of hydrogen-bond donors (Lipinski definition) is 2. The minimum Gasteiger partial charge on any atom is -0.491 e. The third kappa shape index (κ3) is 3.78. The predicted octanol–water partition coefficient (Wildman–Crippen LogP) is 4.78. The van der Waals surface area contributed by atoms with Gasteiger partial charge in [0.15, 0.2) is 0 Å². The molecule has 0 bridgehead atoms. The van der Waals surface area contributed by atoms with Gasteiger partial charge >= 0.3 is 0 Å². The average molecular weight is 448 g/mol. The molecule has 3 heterocycles. The summed E-state index contributed by atoms with van der Waals surface area (Å²) in [7, 11) is -2.29. The van der Waals surface area contributed by atoms with Gasteiger partial charge in [-0.25, -0.2) is 4.98 Å². The Hall–Kier alpha value is -2.83. The molecule has 32 heavy (non-hydrogen) atoms. The first-order valence-electron chi connectivity index (χ1n) is 11.2. The van der Waals surface area contributed by atoms with Gasteiger partial charge in [0, 0.05) is 40.1 Å². The lowest BCUT2D eigenvalue weighted by Crippen LogP contribution is -2.15. The van der Waals surface area contributed by atoms with E-state index in [2.05, 4.69) is 46.3 Å². The average Bonchev–Trinajstić information content (AvgIpc) is 3.45. The molecule has 4 aromatic rings. The van der Waals surface area contributed by atoms with Crippen molar-refractivity contribution < 1.29 is 8.95 Å². The fourth-order valence-electron chi connectivity index (χ4n) is 4.45. The highest BCUT2D eigenvalue weighted by Gasteiger charge is 2.19. The van der Waals surface area contributed by atoms with E-state index in [1.54, 1.807) is 0 Å². The van der Waals surface area contributed by atoms with Crippen LogP contribution in [0.4, 0.5) is 0 Å². The van der Waals surface area contributed by atoms with E-state index in [0.717, 1.165) is 68.8 Å². The second kappa shape index (κ2) is 8.26. The second-order valence-electron chi connectivity index (χ2n) is 8.69. The highest BCUT2D eigenvalue weighted by atomic mass is 32.2. The van der Waals surface area contributed by atoms with Gasteiger partial charge in [0.05, 0.1) is 12.1 Å². The summed E-state index contributed by atoms with van der Waals surface area (Å²) in [6, 6.07) is 14.3. The molecule has 0 radical (unpaired) electrons. The van der Waals surface area contributed by atoms with E-state index in [1.807, 2.05) is 37.4 Å². The summed E-state index contributed by atoms with van der Waals surface area (Å²) in [6.07, 6.45) is 3.02. The third-order valence-corrected chi connectivity index (χ3v) is 8.43. The minimum absolute atomic E-state index is 0.519. The SMILES string of the molecule is C=S(=O)(CC)c1cccc(-c2ccc(OC[C@@H]3CCNC3)c3[nH]c4ncc(C)cc4c23)c1. The molecule has 2 aromatic heterocycles. The second-order valence-corrected chi connectivity index (χ2v) is 11.4. The molecule has 2 atom stereocenters. The third-order valence-electron chi connectivity index (χ3n) is 6.38. The monoisotopic (exact) mass is 447 g/mol. The number of H-pyrrole nitrogens is 1. The van der Waals surface area contributed by atoms with E-state index in [1.165, 1.54) is 0 Å². The van der Waals surface area contributed by atoms with Crippen LogP contribution < -0.4 is 10.1 Å². The van der Waals surface area contributed by atoms with Crippen LogP contribution in [0, 0.1) is 12.8 Å². The summed E-state index contributed by atoms with van der Waals surface area (Å²) in [5, 5.41) is 5.55. The molecule has 6 heteroatoms. The van der Waals surface area contributed by atoms with Crippen molar-refractivity contribution in [3.05, 3.63) is 54.2 Å². The maximum Gasteiger partial charge on any atom is 0.143 e. The lowest BCUT2D eigenvalue weighted by atomic mass is 9.99. The normalized spacial score (nSPS) is 18.2. The first kappa shape index (κ1) is 21.0. The molecular weight excluding hydrogens is 418 g/mol. The molecule has 1 aliphatic rings. The highest BCUT2D eigenvalue weighted by molar-refractivity contribution is 8.00. The Morgan fingerprint density at radius 1 is 1.25 bits per heavy atom. The highest BCUT2D eigenvalue weighted by Crippen LogP contribution is 2.39. The fraction of sp³-hybridized carbons (Fsp3) is 0.308. The molecule has 5 nitrogen and oxygen atoms in total. The molecule has 1 aliphatic heterocycles. The van der Waals surface area contributed by atoms with Gasteiger partial charge in [-0.1, -0.05) is 19.1 Å². The summed E-state index contributed by atoms with van der Waals surface area (Å²) in [5.74, 6) is 5.87. The van der Waals surface area contributed by atoms with Crippen LogP contribution in [0.15, 0.2) is 53.6 Å². The molecule has 0 saturated carbocycles. The Morgan fingerprint density at radius 3 is 2.91 bits per heavy atom. The summed E-state index contributed by atoms with van der Waals surface area (Å²) in [6.45, 7) is 6.72. The first-order valence-corrected chi connectivity index (χ1v) is 13.1. The van der Waals surface area contributed by atoms with E-state index < -0.39 is 9.52 Å². The predicted molar refractivity (Wildman–Crippen MR) is 134 cm³/mol. The zero-order valence-electron chi connectivity index (χ0n) is 18.6. The van der Waals surface area contributed by atoms with E-state index in [4.69, 9.17) is 4.74 Å². The van der Waals surface area contributed by atoms with Crippen LogP contribution in [0.2, 0.25) is 0 Å². The van der Waals surface area contributed by atoms with Crippen molar-refractivity contribution >= 4 is 37.3 Å². The van der Waals surface area contributed by atoms with Gasteiger partial charge in [-0.3, -0.25) is 4.21 Å². The number of aromatic amines is 1. The molecule has 1 fully saturated rings. The Morgan fingerprint density at radius 2 is 2.12 bits per heavy atom. The number of fused-ring (bicyclic) bond motifs is 3. The topological polar surface area (TPSA) is 67.0 Å². The molecule has 0 amide bonds. The number of nitrogens with one attached hydrogen (secondary N) is 2. The van der Waals surface area contributed by atoms with Gasteiger partial charge < -0.3 is 15.0 Å². The summed E-state index contributed by atoms with van der Waals surface area (Å²) < 4.78 is 19.2. The number of rotatable bonds is 6. The number of benzene rings is 2. The number of pyridine rings is 1. The van der Waals surface area contributed by atoms with Crippen LogP contribution in [0.3, 0.4) is 0 Å². The quantitative estimate of drug-likeness (QED) is 0.418. The summed E-state index contributed by atoms with van der Waals surface area (Å²) >= 11 is 0. The number of hydrogen-bond acceptors (Lipinski definition) is 4. The lowest BCUT2D eigenvalue weighted by molar-refractivity contribution is 0.262. The smallest absolute Gasteiger partial charge is 0.143 e. The zero-order valence-corrected chi connectivity index (χ0v) is 19.4. The lowest BCUT2D eigenvalue weighted by Gasteiger charge is -2.14. The maximum atomic E-state index is 12.9. The minimum atomic E-state index is -2.29. The van der Waals surface area contributed by atoms with Crippen molar-refractivity contribution in [2.24, 2.45) is 5.92 Å². The molecular formula is C26H29N3O2S. The Bertz CT molecular complexity index is 1400. The van der Waals surface area contributed by atoms with Crippen LogP contribution >= 0.6 is 0 Å². The van der Waals surface area contributed by atoms with E-state index in [0.29, 0.717) is 18.3 Å². The van der Waals surface area contributed by atoms with Gasteiger partial charge in [0.25, 0.3) is 0 Å². The number of ether oxygens (including phenoxy) is 1. The van der Waals surface area contributed by atoms with Crippen LogP contribution in [-0.2, 0) is 9.52 Å². The van der Waals surface area contributed by atoms with E-state index >= 15 is 0 Å². The first-order chi connectivity index (χ1) is 15.5. The van der Waals surface area contributed by atoms with Crippen LogP contribution in [0.1, 0.15) is 18.9 Å². The van der Waals surface area contributed by atoms with Crippen LogP contribution in [0.25, 0.3) is 33.1 Å². The molecule has 0 spiro atoms. The molecule has 2 N–H and O–H groups in total. The Balaban J connectivity index is 1.68. The number of aromatic nitrogens is 2. The molecule has 1 unspecified atom stereocenters.